The third kappa shape index (κ3) is 7.47. The number of hydrogen-bond donors (Lipinski definition) is 3. The highest BCUT2D eigenvalue weighted by Crippen LogP contribution is 2.40. The van der Waals surface area contributed by atoms with E-state index in [2.05, 4.69) is 27.5 Å². The van der Waals surface area contributed by atoms with Gasteiger partial charge in [-0.05, 0) is 55.3 Å². The van der Waals surface area contributed by atoms with Crippen molar-refractivity contribution in [3.63, 3.8) is 0 Å². The SMILES string of the molecule is COc1nc(P(C)(C)=O)ccc1NCC#Cc1sc2c(NC3CCS(=N)(=O)CC3)cccc2c1CC(F)(F)F. The summed E-state index contributed by atoms with van der Waals surface area (Å²) in [4.78, 5) is 4.64. The smallest absolute Gasteiger partial charge is 0.393 e. The normalized spacial score (nSPS) is 19.8. The van der Waals surface area contributed by atoms with Crippen LogP contribution in [0.15, 0.2) is 30.3 Å². The van der Waals surface area contributed by atoms with Gasteiger partial charge in [0.15, 0.2) is 0 Å². The molecule has 13 heteroatoms. The summed E-state index contributed by atoms with van der Waals surface area (Å²) < 4.78 is 78.7. The van der Waals surface area contributed by atoms with Crippen LogP contribution in [0, 0.1) is 16.6 Å². The number of thiophene rings is 1. The summed E-state index contributed by atoms with van der Waals surface area (Å²) in [5, 5.41) is 6.97. The number of benzene rings is 1. The van der Waals surface area contributed by atoms with Gasteiger partial charge in [-0.2, -0.15) is 13.2 Å². The minimum atomic E-state index is -4.40. The first kappa shape index (κ1) is 29.2. The van der Waals surface area contributed by atoms with Gasteiger partial charge in [0, 0.05) is 27.3 Å². The highest BCUT2D eigenvalue weighted by molar-refractivity contribution is 7.92. The number of fused-ring (bicyclic) bond motifs is 1. The van der Waals surface area contributed by atoms with E-state index >= 15 is 0 Å². The van der Waals surface area contributed by atoms with Crippen molar-refractivity contribution in [3.05, 3.63) is 40.8 Å². The van der Waals surface area contributed by atoms with E-state index < -0.39 is 29.5 Å². The van der Waals surface area contributed by atoms with Crippen molar-refractivity contribution in [3.8, 4) is 17.7 Å². The molecule has 0 bridgehead atoms. The Balaban J connectivity index is 1.59. The van der Waals surface area contributed by atoms with Crippen molar-refractivity contribution in [1.29, 1.82) is 4.78 Å². The maximum atomic E-state index is 13.5. The van der Waals surface area contributed by atoms with Crippen LogP contribution in [-0.2, 0) is 20.7 Å². The summed E-state index contributed by atoms with van der Waals surface area (Å²) in [6, 6.07) is 8.58. The fraction of sp³-hybridized carbons (Fsp3) is 0.423. The van der Waals surface area contributed by atoms with Crippen LogP contribution in [0.4, 0.5) is 24.5 Å². The number of alkyl halides is 3. The van der Waals surface area contributed by atoms with Crippen molar-refractivity contribution >= 4 is 55.1 Å². The maximum Gasteiger partial charge on any atom is 0.393 e. The topological polar surface area (TPSA) is 104 Å². The van der Waals surface area contributed by atoms with Gasteiger partial charge in [0.25, 0.3) is 0 Å². The largest absolute Gasteiger partial charge is 0.480 e. The van der Waals surface area contributed by atoms with E-state index in [-0.39, 0.29) is 24.0 Å². The lowest BCUT2D eigenvalue weighted by Gasteiger charge is -2.25. The Morgan fingerprint density at radius 2 is 1.92 bits per heavy atom. The van der Waals surface area contributed by atoms with Gasteiger partial charge in [-0.1, -0.05) is 24.0 Å². The number of hydrogen-bond acceptors (Lipinski definition) is 8. The van der Waals surface area contributed by atoms with E-state index in [1.165, 1.54) is 18.4 Å². The summed E-state index contributed by atoms with van der Waals surface area (Å²) in [6.07, 6.45) is -4.34. The molecule has 0 radical (unpaired) electrons. The number of rotatable bonds is 7. The molecule has 2 aromatic heterocycles. The summed E-state index contributed by atoms with van der Waals surface area (Å²) >= 11 is 1.21. The summed E-state index contributed by atoms with van der Waals surface area (Å²) in [5.74, 6) is 6.72. The lowest BCUT2D eigenvalue weighted by molar-refractivity contribution is -0.126. The van der Waals surface area contributed by atoms with E-state index in [4.69, 9.17) is 9.52 Å². The van der Waals surface area contributed by atoms with Crippen molar-refractivity contribution in [1.82, 2.24) is 4.98 Å². The van der Waals surface area contributed by atoms with Crippen LogP contribution in [-0.4, -0.2) is 59.9 Å². The molecule has 0 saturated carbocycles. The Kier molecular flexibility index (Phi) is 8.55. The van der Waals surface area contributed by atoms with Crippen LogP contribution in [0.2, 0.25) is 0 Å². The second-order valence-electron chi connectivity index (χ2n) is 9.76. The first-order valence-corrected chi connectivity index (χ1v) is 17.5. The number of anilines is 2. The Labute approximate surface area is 230 Å². The van der Waals surface area contributed by atoms with E-state index in [1.807, 2.05) is 6.07 Å². The Morgan fingerprint density at radius 3 is 2.56 bits per heavy atom. The Hall–Kier alpha value is -2.74. The number of methoxy groups -OCH3 is 1. The predicted molar refractivity (Wildman–Crippen MR) is 154 cm³/mol. The molecule has 39 heavy (non-hydrogen) atoms. The molecule has 0 aliphatic carbocycles. The second-order valence-corrected chi connectivity index (χ2v) is 16.4. The summed E-state index contributed by atoms with van der Waals surface area (Å²) in [6.45, 7) is 3.36. The number of pyridine rings is 1. The molecular weight excluding hydrogens is 568 g/mol. The molecule has 210 valence electrons. The molecule has 1 saturated heterocycles. The molecule has 1 aliphatic rings. The maximum absolute atomic E-state index is 13.5. The van der Waals surface area contributed by atoms with Crippen molar-refractivity contribution in [2.75, 3.05) is 49.1 Å². The molecule has 1 aliphatic heterocycles. The monoisotopic (exact) mass is 598 g/mol. The van der Waals surface area contributed by atoms with E-state index in [0.29, 0.717) is 50.4 Å². The molecule has 4 rings (SSSR count). The van der Waals surface area contributed by atoms with E-state index in [1.54, 1.807) is 37.6 Å². The van der Waals surface area contributed by atoms with Crippen LogP contribution in [0.5, 0.6) is 5.88 Å². The molecule has 3 aromatic rings. The number of nitrogens with one attached hydrogen (secondary N) is 3. The zero-order chi connectivity index (χ0) is 28.4. The zero-order valence-electron chi connectivity index (χ0n) is 21.8. The van der Waals surface area contributed by atoms with E-state index in [9.17, 15) is 21.9 Å². The Morgan fingerprint density at radius 1 is 1.21 bits per heavy atom. The molecule has 1 aromatic carbocycles. The van der Waals surface area contributed by atoms with Crippen LogP contribution in [0.3, 0.4) is 0 Å². The van der Waals surface area contributed by atoms with Crippen molar-refractivity contribution in [2.24, 2.45) is 0 Å². The third-order valence-corrected chi connectivity index (χ3v) is 10.6. The number of aromatic nitrogens is 1. The first-order valence-electron chi connectivity index (χ1n) is 12.2. The average molecular weight is 599 g/mol. The lowest BCUT2D eigenvalue weighted by atomic mass is 10.1. The molecule has 3 N–H and O–H groups in total. The zero-order valence-corrected chi connectivity index (χ0v) is 24.3. The molecule has 0 spiro atoms. The standard InChI is InChI=1S/C26H30F3N4O3PS2/c1-36-25-21(9-10-23(33-25)37(2,3)34)31-13-5-8-22-19(16-26(27,28)29)18-6-4-7-20(24(18)38-22)32-17-11-14-39(30,35)15-12-17/h4,6-7,9-10,17,30-32H,11-16H2,1-3H3. The van der Waals surface area contributed by atoms with Gasteiger partial charge in [0.05, 0.1) is 41.0 Å². The van der Waals surface area contributed by atoms with Crippen molar-refractivity contribution in [2.45, 2.75) is 31.5 Å². The van der Waals surface area contributed by atoms with Crippen LogP contribution < -0.4 is 20.8 Å². The quantitative estimate of drug-likeness (QED) is 0.237. The lowest BCUT2D eigenvalue weighted by Crippen LogP contribution is -2.31. The van der Waals surface area contributed by atoms with E-state index in [0.717, 1.165) is 5.69 Å². The molecular formula is C26H30F3N4O3PS2. The van der Waals surface area contributed by atoms with Gasteiger partial charge in [0.2, 0.25) is 5.88 Å². The highest BCUT2D eigenvalue weighted by atomic mass is 32.2. The van der Waals surface area contributed by atoms with Gasteiger partial charge in [0.1, 0.15) is 12.6 Å². The van der Waals surface area contributed by atoms with Gasteiger partial charge < -0.3 is 19.9 Å². The minimum Gasteiger partial charge on any atom is -0.480 e. The average Bonchev–Trinajstić information content (AvgIpc) is 3.19. The number of ether oxygens (including phenoxy) is 1. The summed E-state index contributed by atoms with van der Waals surface area (Å²) in [7, 11) is -3.66. The van der Waals surface area contributed by atoms with Crippen LogP contribution in [0.25, 0.3) is 10.1 Å². The summed E-state index contributed by atoms with van der Waals surface area (Å²) in [5.41, 5.74) is 1.83. The number of halogens is 3. The first-order chi connectivity index (χ1) is 18.3. The van der Waals surface area contributed by atoms with Crippen LogP contribution >= 0.6 is 18.5 Å². The molecule has 3 heterocycles. The fourth-order valence-electron chi connectivity index (χ4n) is 4.32. The van der Waals surface area contributed by atoms with Gasteiger partial charge in [-0.3, -0.25) is 4.78 Å². The predicted octanol–water partition coefficient (Wildman–Crippen LogP) is 5.74. The molecule has 1 fully saturated rings. The number of nitrogens with zero attached hydrogens (tertiary/aromatic N) is 1. The van der Waals surface area contributed by atoms with Gasteiger partial charge in [-0.15, -0.1) is 11.3 Å². The fourth-order valence-corrected chi connectivity index (χ4v) is 7.79. The molecule has 0 amide bonds. The second kappa shape index (κ2) is 11.4. The molecule has 7 nitrogen and oxygen atoms in total. The third-order valence-electron chi connectivity index (χ3n) is 6.31. The minimum absolute atomic E-state index is 0.00623. The Bertz CT molecular complexity index is 1570. The van der Waals surface area contributed by atoms with Crippen molar-refractivity contribution < 1.29 is 26.7 Å². The van der Waals surface area contributed by atoms with Crippen LogP contribution in [0.1, 0.15) is 23.3 Å². The molecule has 0 atom stereocenters. The molecule has 0 unspecified atom stereocenters. The highest BCUT2D eigenvalue weighted by Gasteiger charge is 2.31. The van der Waals surface area contributed by atoms with Gasteiger partial charge >= 0.3 is 6.18 Å². The van der Waals surface area contributed by atoms with Gasteiger partial charge in [-0.25, -0.2) is 9.19 Å².